The van der Waals surface area contributed by atoms with Crippen LogP contribution in [0.5, 0.6) is 5.75 Å². The fourth-order valence-corrected chi connectivity index (χ4v) is 2.48. The van der Waals surface area contributed by atoms with E-state index in [1.807, 2.05) is 6.92 Å². The number of anilines is 1. The van der Waals surface area contributed by atoms with Gasteiger partial charge in [0.1, 0.15) is 11.6 Å². The minimum absolute atomic E-state index is 0.0863. The van der Waals surface area contributed by atoms with Gasteiger partial charge in [0.15, 0.2) is 0 Å². The van der Waals surface area contributed by atoms with Crippen LogP contribution >= 0.6 is 0 Å². The molecule has 2 amide bonds. The molecule has 2 aromatic rings. The molecule has 0 unspecified atom stereocenters. The van der Waals surface area contributed by atoms with Gasteiger partial charge in [0.25, 0.3) is 0 Å². The first-order chi connectivity index (χ1) is 12.5. The van der Waals surface area contributed by atoms with E-state index in [0.717, 1.165) is 5.75 Å². The molecule has 0 aromatic heterocycles. The van der Waals surface area contributed by atoms with Crippen LogP contribution < -0.4 is 10.1 Å². The Morgan fingerprint density at radius 1 is 1.12 bits per heavy atom. The second-order valence-corrected chi connectivity index (χ2v) is 5.79. The first-order valence-electron chi connectivity index (χ1n) is 8.51. The topological polar surface area (TPSA) is 58.6 Å². The first kappa shape index (κ1) is 19.4. The van der Waals surface area contributed by atoms with Crippen LogP contribution in [0.2, 0.25) is 0 Å². The Hall–Kier alpha value is -2.89. The van der Waals surface area contributed by atoms with Gasteiger partial charge in [0, 0.05) is 19.2 Å². The van der Waals surface area contributed by atoms with E-state index in [1.165, 1.54) is 17.9 Å². The number of hydrogen-bond acceptors (Lipinski definition) is 3. The van der Waals surface area contributed by atoms with E-state index in [-0.39, 0.29) is 30.7 Å². The van der Waals surface area contributed by atoms with Crippen molar-refractivity contribution in [1.82, 2.24) is 4.90 Å². The van der Waals surface area contributed by atoms with Crippen LogP contribution in [-0.2, 0) is 16.0 Å². The van der Waals surface area contributed by atoms with E-state index < -0.39 is 0 Å². The largest absolute Gasteiger partial charge is 0.494 e. The quantitative estimate of drug-likeness (QED) is 0.788. The summed E-state index contributed by atoms with van der Waals surface area (Å²) >= 11 is 0. The molecule has 5 nitrogen and oxygen atoms in total. The molecule has 1 N–H and O–H groups in total. The minimum Gasteiger partial charge on any atom is -0.494 e. The average molecular weight is 358 g/mol. The molecule has 0 saturated carbocycles. The van der Waals surface area contributed by atoms with Crippen LogP contribution in [0.15, 0.2) is 48.5 Å². The van der Waals surface area contributed by atoms with Gasteiger partial charge in [-0.15, -0.1) is 0 Å². The summed E-state index contributed by atoms with van der Waals surface area (Å²) in [4.78, 5) is 25.4. The van der Waals surface area contributed by atoms with Crippen molar-refractivity contribution in [1.29, 1.82) is 0 Å². The predicted octanol–water partition coefficient (Wildman–Crippen LogP) is 3.25. The summed E-state index contributed by atoms with van der Waals surface area (Å²) in [6.45, 7) is 4.05. The number of ether oxygens (including phenoxy) is 1. The number of amides is 2. The fourth-order valence-electron chi connectivity index (χ4n) is 2.48. The van der Waals surface area contributed by atoms with Gasteiger partial charge < -0.3 is 15.0 Å². The van der Waals surface area contributed by atoms with Crippen LogP contribution in [0, 0.1) is 5.82 Å². The molecule has 0 atom stereocenters. The van der Waals surface area contributed by atoms with Gasteiger partial charge in [-0.05, 0) is 49.2 Å². The zero-order chi connectivity index (χ0) is 18.9. The van der Waals surface area contributed by atoms with Crippen LogP contribution in [0.4, 0.5) is 10.1 Å². The van der Waals surface area contributed by atoms with E-state index in [0.29, 0.717) is 24.3 Å². The van der Waals surface area contributed by atoms with Gasteiger partial charge in [0.05, 0.1) is 13.2 Å². The molecule has 0 aliphatic heterocycles. The third-order valence-electron chi connectivity index (χ3n) is 3.84. The molecule has 0 aliphatic carbocycles. The highest BCUT2D eigenvalue weighted by molar-refractivity contribution is 5.94. The highest BCUT2D eigenvalue weighted by Gasteiger charge is 2.14. The van der Waals surface area contributed by atoms with Crippen molar-refractivity contribution in [3.63, 3.8) is 0 Å². The number of nitrogens with zero attached hydrogens (tertiary/aromatic N) is 1. The second-order valence-electron chi connectivity index (χ2n) is 5.79. The lowest BCUT2D eigenvalue weighted by Gasteiger charge is -2.20. The van der Waals surface area contributed by atoms with Crippen molar-refractivity contribution >= 4 is 17.5 Å². The molecule has 0 saturated heterocycles. The van der Waals surface area contributed by atoms with Crippen molar-refractivity contribution in [3.05, 3.63) is 59.9 Å². The van der Waals surface area contributed by atoms with Gasteiger partial charge in [-0.3, -0.25) is 9.59 Å². The standard InChI is InChI=1S/C20H23FN2O3/c1-3-26-18-10-8-17(9-11-18)22-20(25)14-23(15(2)24)13-12-16-6-4-5-7-19(16)21/h4-11H,3,12-14H2,1-2H3,(H,22,25). The number of hydrogen-bond donors (Lipinski definition) is 1. The summed E-state index contributed by atoms with van der Waals surface area (Å²) in [5.41, 5.74) is 1.14. The Bertz CT molecular complexity index is 747. The lowest BCUT2D eigenvalue weighted by atomic mass is 10.1. The Labute approximate surface area is 152 Å². The van der Waals surface area contributed by atoms with Gasteiger partial charge in [0.2, 0.25) is 11.8 Å². The molecule has 2 aromatic carbocycles. The van der Waals surface area contributed by atoms with Gasteiger partial charge >= 0.3 is 0 Å². The molecule has 2 rings (SSSR count). The van der Waals surface area contributed by atoms with Crippen LogP contribution in [-0.4, -0.2) is 36.4 Å². The zero-order valence-electron chi connectivity index (χ0n) is 15.0. The molecule has 0 heterocycles. The van der Waals surface area contributed by atoms with Crippen LogP contribution in [0.1, 0.15) is 19.4 Å². The molecule has 0 radical (unpaired) electrons. The van der Waals surface area contributed by atoms with Gasteiger partial charge in [-0.25, -0.2) is 4.39 Å². The van der Waals surface area contributed by atoms with E-state index in [1.54, 1.807) is 42.5 Å². The maximum Gasteiger partial charge on any atom is 0.243 e. The molecular weight excluding hydrogens is 335 g/mol. The zero-order valence-corrected chi connectivity index (χ0v) is 15.0. The van der Waals surface area contributed by atoms with Crippen LogP contribution in [0.25, 0.3) is 0 Å². The number of nitrogens with one attached hydrogen (secondary N) is 1. The first-order valence-corrected chi connectivity index (χ1v) is 8.51. The Morgan fingerprint density at radius 3 is 2.42 bits per heavy atom. The third-order valence-corrected chi connectivity index (χ3v) is 3.84. The number of rotatable bonds is 8. The molecule has 26 heavy (non-hydrogen) atoms. The molecule has 0 aliphatic rings. The smallest absolute Gasteiger partial charge is 0.243 e. The van der Waals surface area contributed by atoms with E-state index in [9.17, 15) is 14.0 Å². The maximum absolute atomic E-state index is 13.7. The number of carbonyl (C=O) groups is 2. The third kappa shape index (κ3) is 5.88. The summed E-state index contributed by atoms with van der Waals surface area (Å²) in [6.07, 6.45) is 0.350. The number of benzene rings is 2. The summed E-state index contributed by atoms with van der Waals surface area (Å²) < 4.78 is 19.0. The molecule has 0 fully saturated rings. The molecule has 6 heteroatoms. The van der Waals surface area contributed by atoms with Gasteiger partial charge in [-0.2, -0.15) is 0 Å². The van der Waals surface area contributed by atoms with Crippen molar-refractivity contribution in [3.8, 4) is 5.75 Å². The predicted molar refractivity (Wildman–Crippen MR) is 98.6 cm³/mol. The molecule has 0 spiro atoms. The summed E-state index contributed by atoms with van der Waals surface area (Å²) in [7, 11) is 0. The maximum atomic E-state index is 13.7. The number of halogens is 1. The molecule has 0 bridgehead atoms. The van der Waals surface area contributed by atoms with Gasteiger partial charge in [-0.1, -0.05) is 18.2 Å². The van der Waals surface area contributed by atoms with Crippen molar-refractivity contribution < 1.29 is 18.7 Å². The summed E-state index contributed by atoms with van der Waals surface area (Å²) in [5, 5.41) is 2.74. The summed E-state index contributed by atoms with van der Waals surface area (Å²) in [6, 6.07) is 13.4. The molecule has 138 valence electrons. The lowest BCUT2D eigenvalue weighted by Crippen LogP contribution is -2.38. The number of carbonyl (C=O) groups excluding carboxylic acids is 2. The van der Waals surface area contributed by atoms with Crippen molar-refractivity contribution in [2.45, 2.75) is 20.3 Å². The normalized spacial score (nSPS) is 10.3. The average Bonchev–Trinajstić information content (AvgIpc) is 2.61. The lowest BCUT2D eigenvalue weighted by molar-refractivity contribution is -0.132. The van der Waals surface area contributed by atoms with Crippen molar-refractivity contribution in [2.24, 2.45) is 0 Å². The SMILES string of the molecule is CCOc1ccc(NC(=O)CN(CCc2ccccc2F)C(C)=O)cc1. The van der Waals surface area contributed by atoms with E-state index in [4.69, 9.17) is 4.74 Å². The summed E-state index contributed by atoms with van der Waals surface area (Å²) in [5.74, 6) is -0.128. The van der Waals surface area contributed by atoms with Crippen LogP contribution in [0.3, 0.4) is 0 Å². The Morgan fingerprint density at radius 2 is 1.81 bits per heavy atom. The fraction of sp³-hybridized carbons (Fsp3) is 0.300. The van der Waals surface area contributed by atoms with E-state index >= 15 is 0 Å². The Balaban J connectivity index is 1.91. The second kappa shape index (κ2) is 9.56. The Kier molecular flexibility index (Phi) is 7.14. The molecular formula is C20H23FN2O3. The minimum atomic E-state index is -0.310. The monoisotopic (exact) mass is 358 g/mol. The highest BCUT2D eigenvalue weighted by Crippen LogP contribution is 2.15. The van der Waals surface area contributed by atoms with E-state index in [2.05, 4.69) is 5.32 Å². The highest BCUT2D eigenvalue weighted by atomic mass is 19.1. The van der Waals surface area contributed by atoms with Crippen molar-refractivity contribution in [2.75, 3.05) is 25.0 Å².